The van der Waals surface area contributed by atoms with Gasteiger partial charge in [-0.3, -0.25) is 9.69 Å². The summed E-state index contributed by atoms with van der Waals surface area (Å²) in [6.07, 6.45) is 2.20. The number of hydrogen-bond donors (Lipinski definition) is 0. The fourth-order valence-corrected chi connectivity index (χ4v) is 4.23. The van der Waals surface area contributed by atoms with Crippen molar-refractivity contribution in [2.24, 2.45) is 5.92 Å². The third-order valence-electron chi connectivity index (χ3n) is 5.84. The lowest BCUT2D eigenvalue weighted by Gasteiger charge is -2.36. The summed E-state index contributed by atoms with van der Waals surface area (Å²) < 4.78 is 19.2. The van der Waals surface area contributed by atoms with Gasteiger partial charge in [0.2, 0.25) is 0 Å². The Hall–Kier alpha value is -2.44. The van der Waals surface area contributed by atoms with Gasteiger partial charge in [0.15, 0.2) is 0 Å². The number of likely N-dealkylation sites (tertiary alicyclic amines) is 1. The minimum absolute atomic E-state index is 0.0943. The molecule has 0 saturated carbocycles. The molecule has 3 rings (SSSR count). The number of carbonyl (C=O) groups is 1. The van der Waals surface area contributed by atoms with Crippen LogP contribution in [0.4, 0.5) is 4.39 Å². The number of ether oxygens (including phenoxy) is 1. The predicted molar refractivity (Wildman–Crippen MR) is 122 cm³/mol. The van der Waals surface area contributed by atoms with Crippen molar-refractivity contribution in [3.8, 4) is 5.75 Å². The van der Waals surface area contributed by atoms with E-state index < -0.39 is 0 Å². The lowest BCUT2D eigenvalue weighted by molar-refractivity contribution is 0.0660. The van der Waals surface area contributed by atoms with Gasteiger partial charge in [-0.15, -0.1) is 0 Å². The normalized spacial score (nSPS) is 17.0. The van der Waals surface area contributed by atoms with Crippen molar-refractivity contribution in [3.05, 3.63) is 65.5 Å². The molecule has 0 bridgehead atoms. The Morgan fingerprint density at radius 1 is 1.16 bits per heavy atom. The van der Waals surface area contributed by atoms with E-state index in [1.807, 2.05) is 37.2 Å². The van der Waals surface area contributed by atoms with Crippen LogP contribution in [0, 0.1) is 11.7 Å². The molecule has 6 heteroatoms. The highest BCUT2D eigenvalue weighted by Gasteiger charge is 2.25. The number of hydrogen-bond acceptors (Lipinski definition) is 4. The molecule has 31 heavy (non-hydrogen) atoms. The molecule has 1 atom stereocenters. The van der Waals surface area contributed by atoms with Crippen molar-refractivity contribution < 1.29 is 13.9 Å². The highest BCUT2D eigenvalue weighted by Crippen LogP contribution is 2.24. The van der Waals surface area contributed by atoms with E-state index in [1.54, 1.807) is 19.2 Å². The summed E-state index contributed by atoms with van der Waals surface area (Å²) in [6.45, 7) is 4.92. The number of nitrogens with zero attached hydrogens (tertiary/aromatic N) is 3. The van der Waals surface area contributed by atoms with Crippen LogP contribution >= 0.6 is 0 Å². The number of carbonyl (C=O) groups excluding carboxylic acids is 1. The molecule has 2 aromatic carbocycles. The van der Waals surface area contributed by atoms with Crippen molar-refractivity contribution in [2.45, 2.75) is 19.4 Å². The maximum absolute atomic E-state index is 13.7. The number of para-hydroxylation sites is 1. The van der Waals surface area contributed by atoms with Crippen LogP contribution in [-0.4, -0.2) is 74.5 Å². The maximum Gasteiger partial charge on any atom is 0.254 e. The molecule has 168 valence electrons. The molecule has 0 spiro atoms. The minimum Gasteiger partial charge on any atom is -0.496 e. The number of amides is 1. The smallest absolute Gasteiger partial charge is 0.254 e. The highest BCUT2D eigenvalue weighted by molar-refractivity contribution is 5.94. The first-order chi connectivity index (χ1) is 15.0. The predicted octanol–water partition coefficient (Wildman–Crippen LogP) is 3.75. The molecule has 1 fully saturated rings. The Bertz CT molecular complexity index is 858. The van der Waals surface area contributed by atoms with Crippen LogP contribution in [0.25, 0.3) is 0 Å². The van der Waals surface area contributed by atoms with Crippen molar-refractivity contribution in [2.75, 3.05) is 53.9 Å². The summed E-state index contributed by atoms with van der Waals surface area (Å²) in [5, 5.41) is 0. The van der Waals surface area contributed by atoms with Crippen LogP contribution in [0.15, 0.2) is 48.5 Å². The Labute approximate surface area is 185 Å². The molecule has 1 aliphatic rings. The second-order valence-corrected chi connectivity index (χ2v) is 8.62. The number of methoxy groups -OCH3 is 1. The van der Waals surface area contributed by atoms with Gasteiger partial charge in [0.1, 0.15) is 11.6 Å². The largest absolute Gasteiger partial charge is 0.496 e. The van der Waals surface area contributed by atoms with E-state index in [9.17, 15) is 9.18 Å². The molecule has 1 amide bonds. The average molecular weight is 428 g/mol. The van der Waals surface area contributed by atoms with E-state index in [-0.39, 0.29) is 11.7 Å². The van der Waals surface area contributed by atoms with Crippen molar-refractivity contribution in [1.29, 1.82) is 0 Å². The molecule has 1 aliphatic heterocycles. The van der Waals surface area contributed by atoms with Gasteiger partial charge in [-0.1, -0.05) is 24.3 Å². The fraction of sp³-hybridized carbons (Fsp3) is 0.480. The van der Waals surface area contributed by atoms with E-state index in [0.717, 1.165) is 44.8 Å². The Morgan fingerprint density at radius 2 is 1.97 bits per heavy atom. The van der Waals surface area contributed by atoms with Crippen LogP contribution in [0.1, 0.15) is 28.8 Å². The SMILES string of the molecule is COc1ccccc1CN1CCC[C@H](CN(CCN(C)C)C(=O)c2cccc(F)c2)C1. The van der Waals surface area contributed by atoms with Crippen LogP contribution in [0.2, 0.25) is 0 Å². The van der Waals surface area contributed by atoms with Crippen LogP contribution < -0.4 is 4.74 Å². The molecular formula is C25H34FN3O2. The van der Waals surface area contributed by atoms with Gasteiger partial charge in [-0.25, -0.2) is 4.39 Å². The first-order valence-electron chi connectivity index (χ1n) is 11.0. The molecular weight excluding hydrogens is 393 g/mol. The number of rotatable bonds is 9. The molecule has 0 N–H and O–H groups in total. The van der Waals surface area contributed by atoms with E-state index >= 15 is 0 Å². The number of halogens is 1. The zero-order valence-electron chi connectivity index (χ0n) is 18.9. The molecule has 0 aromatic heterocycles. The lowest BCUT2D eigenvalue weighted by atomic mass is 9.96. The maximum atomic E-state index is 13.7. The van der Waals surface area contributed by atoms with Gasteiger partial charge in [0.25, 0.3) is 5.91 Å². The van der Waals surface area contributed by atoms with Gasteiger partial charge in [-0.05, 0) is 63.7 Å². The van der Waals surface area contributed by atoms with E-state index in [2.05, 4.69) is 15.9 Å². The topological polar surface area (TPSA) is 36.0 Å². The highest BCUT2D eigenvalue weighted by atomic mass is 19.1. The average Bonchev–Trinajstić information content (AvgIpc) is 2.76. The van der Waals surface area contributed by atoms with Gasteiger partial charge >= 0.3 is 0 Å². The fourth-order valence-electron chi connectivity index (χ4n) is 4.23. The quantitative estimate of drug-likeness (QED) is 0.611. The number of likely N-dealkylation sites (N-methyl/N-ethyl adjacent to an activating group) is 1. The lowest BCUT2D eigenvalue weighted by Crippen LogP contribution is -2.44. The summed E-state index contributed by atoms with van der Waals surface area (Å²) in [6, 6.07) is 14.1. The number of piperidine rings is 1. The molecule has 2 aromatic rings. The molecule has 1 saturated heterocycles. The van der Waals surface area contributed by atoms with Crippen molar-refractivity contribution in [1.82, 2.24) is 14.7 Å². The molecule has 0 aliphatic carbocycles. The van der Waals surface area contributed by atoms with Crippen molar-refractivity contribution in [3.63, 3.8) is 0 Å². The first kappa shape index (κ1) is 23.2. The second kappa shape index (κ2) is 11.3. The van der Waals surface area contributed by atoms with Crippen LogP contribution in [0.3, 0.4) is 0 Å². The summed E-state index contributed by atoms with van der Waals surface area (Å²) in [5.41, 5.74) is 1.60. The second-order valence-electron chi connectivity index (χ2n) is 8.62. The standard InChI is InChI=1S/C25H34FN3O2/c1-27(2)14-15-29(25(30)21-10-6-11-23(26)16-21)18-20-8-7-13-28(17-20)19-22-9-4-5-12-24(22)31-3/h4-6,9-12,16,20H,7-8,13-15,17-19H2,1-3H3/t20-/m0/s1. The molecule has 5 nitrogen and oxygen atoms in total. The molecule has 0 radical (unpaired) electrons. The van der Waals surface area contributed by atoms with Gasteiger partial charge in [0.05, 0.1) is 7.11 Å². The van der Waals surface area contributed by atoms with Crippen LogP contribution in [0.5, 0.6) is 5.75 Å². The number of benzene rings is 2. The van der Waals surface area contributed by atoms with Crippen molar-refractivity contribution >= 4 is 5.91 Å². The van der Waals surface area contributed by atoms with E-state index in [1.165, 1.54) is 17.7 Å². The minimum atomic E-state index is -0.376. The van der Waals surface area contributed by atoms with Gasteiger partial charge in [-0.2, -0.15) is 0 Å². The third kappa shape index (κ3) is 6.77. The summed E-state index contributed by atoms with van der Waals surface area (Å²) in [4.78, 5) is 19.6. The van der Waals surface area contributed by atoms with E-state index in [4.69, 9.17) is 4.74 Å². The summed E-state index contributed by atoms with van der Waals surface area (Å²) in [5.74, 6) is 0.837. The van der Waals surface area contributed by atoms with Gasteiger partial charge < -0.3 is 14.5 Å². The first-order valence-corrected chi connectivity index (χ1v) is 11.0. The molecule has 0 unspecified atom stereocenters. The molecule has 1 heterocycles. The van der Waals surface area contributed by atoms with Crippen LogP contribution in [-0.2, 0) is 6.54 Å². The zero-order valence-corrected chi connectivity index (χ0v) is 18.9. The summed E-state index contributed by atoms with van der Waals surface area (Å²) in [7, 11) is 5.71. The Balaban J connectivity index is 1.67. The monoisotopic (exact) mass is 427 g/mol. The third-order valence-corrected chi connectivity index (χ3v) is 5.84. The Kier molecular flexibility index (Phi) is 8.43. The zero-order chi connectivity index (χ0) is 22.2. The van der Waals surface area contributed by atoms with E-state index in [0.29, 0.717) is 24.6 Å². The summed E-state index contributed by atoms with van der Waals surface area (Å²) >= 11 is 0. The van der Waals surface area contributed by atoms with Gasteiger partial charge in [0, 0.05) is 43.9 Å². The Morgan fingerprint density at radius 3 is 2.71 bits per heavy atom.